The Morgan fingerprint density at radius 1 is 1.03 bits per heavy atom. The second-order valence-electron chi connectivity index (χ2n) is 8.89. The number of nitrogens with zero attached hydrogens (tertiary/aromatic N) is 3. The van der Waals surface area contributed by atoms with Gasteiger partial charge in [-0.15, -0.1) is 24.0 Å². The number of anilines is 1. The number of methoxy groups -OCH3 is 1. The van der Waals surface area contributed by atoms with Crippen molar-refractivity contribution in [2.75, 3.05) is 51.8 Å². The van der Waals surface area contributed by atoms with E-state index in [4.69, 9.17) is 4.74 Å². The summed E-state index contributed by atoms with van der Waals surface area (Å²) in [5.74, 6) is 2.44. The molecule has 0 aromatic heterocycles. The fourth-order valence-corrected chi connectivity index (χ4v) is 4.87. The predicted molar refractivity (Wildman–Crippen MR) is 148 cm³/mol. The molecule has 2 heterocycles. The molecule has 2 aromatic carbocycles. The molecule has 0 saturated carbocycles. The maximum atomic E-state index is 5.38. The van der Waals surface area contributed by atoms with E-state index in [0.29, 0.717) is 12.0 Å². The molecule has 33 heavy (non-hydrogen) atoms. The Kier molecular flexibility index (Phi) is 10.1. The summed E-state index contributed by atoms with van der Waals surface area (Å²) in [6, 6.07) is 19.7. The van der Waals surface area contributed by atoms with Crippen molar-refractivity contribution in [1.82, 2.24) is 15.5 Å². The minimum atomic E-state index is 0. The van der Waals surface area contributed by atoms with Crippen LogP contribution in [-0.4, -0.2) is 63.8 Å². The largest absolute Gasteiger partial charge is 0.497 e. The molecule has 0 amide bonds. The van der Waals surface area contributed by atoms with E-state index in [1.165, 1.54) is 37.1 Å². The Balaban J connectivity index is 0.00000306. The number of aliphatic imine (C=N–C) groups is 1. The lowest BCUT2D eigenvalue weighted by molar-refractivity contribution is 0.245. The molecule has 0 radical (unpaired) electrons. The quantitative estimate of drug-likeness (QED) is 0.289. The summed E-state index contributed by atoms with van der Waals surface area (Å²) in [5.41, 5.74) is 2.64. The number of guanidine groups is 1. The summed E-state index contributed by atoms with van der Waals surface area (Å²) in [6.07, 6.45) is 3.71. The Labute approximate surface area is 215 Å². The average Bonchev–Trinajstić information content (AvgIpc) is 3.49. The normalized spacial score (nSPS) is 21.0. The van der Waals surface area contributed by atoms with E-state index < -0.39 is 0 Å². The van der Waals surface area contributed by atoms with Crippen LogP contribution in [0.4, 0.5) is 5.69 Å². The Hall–Kier alpha value is -2.00. The van der Waals surface area contributed by atoms with Gasteiger partial charge in [-0.2, -0.15) is 0 Å². The maximum Gasteiger partial charge on any atom is 0.191 e. The fourth-order valence-electron chi connectivity index (χ4n) is 4.87. The molecule has 2 atom stereocenters. The van der Waals surface area contributed by atoms with Crippen molar-refractivity contribution in [2.45, 2.75) is 31.8 Å². The Morgan fingerprint density at radius 2 is 1.85 bits per heavy atom. The van der Waals surface area contributed by atoms with E-state index in [0.717, 1.165) is 44.4 Å². The molecule has 2 saturated heterocycles. The smallest absolute Gasteiger partial charge is 0.191 e. The van der Waals surface area contributed by atoms with Gasteiger partial charge in [-0.25, -0.2) is 0 Å². The molecule has 0 bridgehead atoms. The molecule has 0 aliphatic carbocycles. The van der Waals surface area contributed by atoms with Gasteiger partial charge in [0.1, 0.15) is 5.75 Å². The fraction of sp³-hybridized carbons (Fsp3) is 0.500. The molecule has 2 N–H and O–H groups in total. The molecule has 2 unspecified atom stereocenters. The highest BCUT2D eigenvalue weighted by atomic mass is 127. The first kappa shape index (κ1) is 25.6. The number of hydrogen-bond donors (Lipinski definition) is 2. The lowest BCUT2D eigenvalue weighted by Crippen LogP contribution is -2.45. The van der Waals surface area contributed by atoms with Crippen LogP contribution in [0, 0.1) is 5.92 Å². The lowest BCUT2D eigenvalue weighted by Gasteiger charge is -2.26. The summed E-state index contributed by atoms with van der Waals surface area (Å²) in [5, 5.41) is 7.14. The minimum Gasteiger partial charge on any atom is -0.497 e. The van der Waals surface area contributed by atoms with Crippen LogP contribution < -0.4 is 20.3 Å². The first-order valence-corrected chi connectivity index (χ1v) is 11.9. The summed E-state index contributed by atoms with van der Waals surface area (Å²) < 4.78 is 5.38. The zero-order valence-electron chi connectivity index (χ0n) is 19.9. The van der Waals surface area contributed by atoms with Gasteiger partial charge >= 0.3 is 0 Å². The minimum absolute atomic E-state index is 0. The summed E-state index contributed by atoms with van der Waals surface area (Å²) >= 11 is 0. The molecule has 2 aromatic rings. The van der Waals surface area contributed by atoms with Gasteiger partial charge in [-0.1, -0.05) is 36.4 Å². The van der Waals surface area contributed by atoms with Crippen LogP contribution in [0.15, 0.2) is 59.6 Å². The first-order chi connectivity index (χ1) is 15.7. The number of rotatable bonds is 8. The van der Waals surface area contributed by atoms with Gasteiger partial charge in [0, 0.05) is 57.6 Å². The van der Waals surface area contributed by atoms with Gasteiger partial charge in [0.2, 0.25) is 0 Å². The highest BCUT2D eigenvalue weighted by Crippen LogP contribution is 2.26. The molecule has 6 nitrogen and oxygen atoms in total. The van der Waals surface area contributed by atoms with Crippen molar-refractivity contribution in [2.24, 2.45) is 10.9 Å². The van der Waals surface area contributed by atoms with Crippen molar-refractivity contribution in [3.8, 4) is 5.75 Å². The van der Waals surface area contributed by atoms with Crippen LogP contribution in [0.1, 0.15) is 24.8 Å². The van der Waals surface area contributed by atoms with E-state index in [1.807, 2.05) is 13.1 Å². The van der Waals surface area contributed by atoms with Crippen molar-refractivity contribution in [1.29, 1.82) is 0 Å². The van der Waals surface area contributed by atoms with Crippen molar-refractivity contribution in [3.63, 3.8) is 0 Å². The van der Waals surface area contributed by atoms with Crippen LogP contribution in [0.2, 0.25) is 0 Å². The highest BCUT2D eigenvalue weighted by molar-refractivity contribution is 14.0. The monoisotopic (exact) mass is 563 g/mol. The number of likely N-dealkylation sites (tertiary alicyclic amines) is 1. The highest BCUT2D eigenvalue weighted by Gasteiger charge is 2.25. The topological polar surface area (TPSA) is 52.1 Å². The van der Waals surface area contributed by atoms with Crippen molar-refractivity contribution in [3.05, 3.63) is 60.2 Å². The molecule has 0 spiro atoms. The van der Waals surface area contributed by atoms with Gasteiger partial charge in [0.25, 0.3) is 0 Å². The summed E-state index contributed by atoms with van der Waals surface area (Å²) in [7, 11) is 3.59. The van der Waals surface area contributed by atoms with E-state index in [1.54, 1.807) is 7.11 Å². The third-order valence-corrected chi connectivity index (χ3v) is 6.72. The van der Waals surface area contributed by atoms with Gasteiger partial charge in [0.15, 0.2) is 5.96 Å². The number of nitrogens with one attached hydrogen (secondary N) is 2. The number of ether oxygens (including phenoxy) is 1. The van der Waals surface area contributed by atoms with Crippen LogP contribution in [0.3, 0.4) is 0 Å². The SMILES string of the molecule is CN=C(NCC1CCN(c2cccc(OC)c2)C1)NCC1CCCN1Cc1ccccc1.I. The van der Waals surface area contributed by atoms with E-state index in [-0.39, 0.29) is 24.0 Å². The molecule has 2 fully saturated rings. The Bertz CT molecular complexity index is 878. The number of hydrogen-bond acceptors (Lipinski definition) is 4. The molecule has 2 aliphatic rings. The van der Waals surface area contributed by atoms with Crippen LogP contribution in [-0.2, 0) is 6.54 Å². The van der Waals surface area contributed by atoms with Crippen LogP contribution in [0.25, 0.3) is 0 Å². The first-order valence-electron chi connectivity index (χ1n) is 11.9. The van der Waals surface area contributed by atoms with Crippen molar-refractivity contribution < 1.29 is 4.74 Å². The average molecular weight is 564 g/mol. The second kappa shape index (κ2) is 13.0. The van der Waals surface area contributed by atoms with Gasteiger partial charge in [0.05, 0.1) is 7.11 Å². The zero-order chi connectivity index (χ0) is 22.2. The summed E-state index contributed by atoms with van der Waals surface area (Å²) in [4.78, 5) is 9.51. The van der Waals surface area contributed by atoms with Crippen LogP contribution >= 0.6 is 24.0 Å². The maximum absolute atomic E-state index is 5.38. The predicted octanol–water partition coefficient (Wildman–Crippen LogP) is 3.97. The molecule has 4 rings (SSSR count). The van der Waals surface area contributed by atoms with E-state index in [9.17, 15) is 0 Å². The van der Waals surface area contributed by atoms with Crippen molar-refractivity contribution >= 4 is 35.6 Å². The Morgan fingerprint density at radius 3 is 2.64 bits per heavy atom. The van der Waals surface area contributed by atoms with E-state index >= 15 is 0 Å². The second-order valence-corrected chi connectivity index (χ2v) is 8.89. The summed E-state index contributed by atoms with van der Waals surface area (Å²) in [6.45, 7) is 6.23. The third kappa shape index (κ3) is 7.24. The number of halogens is 1. The van der Waals surface area contributed by atoms with Gasteiger partial charge in [-0.3, -0.25) is 9.89 Å². The molecule has 180 valence electrons. The van der Waals surface area contributed by atoms with Gasteiger partial charge in [-0.05, 0) is 49.4 Å². The zero-order valence-corrected chi connectivity index (χ0v) is 22.2. The molecular formula is C26H38IN5O. The van der Waals surface area contributed by atoms with E-state index in [2.05, 4.69) is 74.0 Å². The lowest BCUT2D eigenvalue weighted by atomic mass is 10.1. The molecule has 2 aliphatic heterocycles. The third-order valence-electron chi connectivity index (χ3n) is 6.72. The molecule has 7 heteroatoms. The standard InChI is InChI=1S/C26H37N5O.HI/c1-27-26(29-18-24-11-7-14-30(24)19-21-8-4-3-5-9-21)28-17-22-13-15-31(20-22)23-10-6-12-25(16-23)32-2;/h3-6,8-10,12,16,22,24H,7,11,13-15,17-20H2,1-2H3,(H2,27,28,29);1H. The molecular weight excluding hydrogens is 525 g/mol. The van der Waals surface area contributed by atoms with Gasteiger partial charge < -0.3 is 20.3 Å². The van der Waals surface area contributed by atoms with Crippen LogP contribution in [0.5, 0.6) is 5.75 Å². The number of benzene rings is 2.